The number of hydrogen-bond donors (Lipinski definition) is 2. The lowest BCUT2D eigenvalue weighted by Gasteiger charge is -2.46. The highest BCUT2D eigenvalue weighted by Crippen LogP contribution is 2.43. The van der Waals surface area contributed by atoms with Gasteiger partial charge in [0, 0.05) is 18.4 Å². The number of nitrogens with two attached hydrogens (primary N) is 1. The number of rotatable bonds is 4. The molecule has 1 rings (SSSR count). The Morgan fingerprint density at radius 1 is 1.25 bits per heavy atom. The summed E-state index contributed by atoms with van der Waals surface area (Å²) in [5.41, 5.74) is 4.23. The van der Waals surface area contributed by atoms with Crippen LogP contribution in [0.3, 0.4) is 0 Å². The highest BCUT2D eigenvalue weighted by Gasteiger charge is 2.50. The Morgan fingerprint density at radius 3 is 2.19 bits per heavy atom. The quantitative estimate of drug-likeness (QED) is 0.787. The summed E-state index contributed by atoms with van der Waals surface area (Å²) in [6, 6.07) is 0. The third-order valence-corrected chi connectivity index (χ3v) is 3.92. The molecular formula is C12H23F2NO. The first kappa shape index (κ1) is 13.8. The molecule has 0 aromatic rings. The zero-order valence-corrected chi connectivity index (χ0v) is 10.2. The molecule has 4 heteroatoms. The second-order valence-electron chi connectivity index (χ2n) is 5.41. The van der Waals surface area contributed by atoms with Gasteiger partial charge >= 0.3 is 0 Å². The first-order chi connectivity index (χ1) is 7.22. The molecular weight excluding hydrogens is 212 g/mol. The maximum absolute atomic E-state index is 13.0. The second kappa shape index (κ2) is 4.57. The minimum absolute atomic E-state index is 0.108. The van der Waals surface area contributed by atoms with Gasteiger partial charge in [-0.05, 0) is 26.2 Å². The lowest BCUT2D eigenvalue weighted by Crippen LogP contribution is -2.60. The van der Waals surface area contributed by atoms with Crippen molar-refractivity contribution in [3.05, 3.63) is 0 Å². The van der Waals surface area contributed by atoms with E-state index in [-0.39, 0.29) is 25.7 Å². The van der Waals surface area contributed by atoms with Crippen molar-refractivity contribution >= 4 is 0 Å². The summed E-state index contributed by atoms with van der Waals surface area (Å²) in [5.74, 6) is -2.62. The van der Waals surface area contributed by atoms with E-state index in [0.29, 0.717) is 6.42 Å². The van der Waals surface area contributed by atoms with Crippen molar-refractivity contribution in [1.29, 1.82) is 0 Å². The fraction of sp³-hybridized carbons (Fsp3) is 1.00. The fourth-order valence-electron chi connectivity index (χ4n) is 2.38. The van der Waals surface area contributed by atoms with E-state index in [0.717, 1.165) is 12.8 Å². The van der Waals surface area contributed by atoms with E-state index in [2.05, 4.69) is 6.92 Å². The highest BCUT2D eigenvalue weighted by atomic mass is 19.3. The van der Waals surface area contributed by atoms with Crippen LogP contribution in [-0.2, 0) is 0 Å². The molecule has 0 spiro atoms. The van der Waals surface area contributed by atoms with Crippen molar-refractivity contribution in [3.63, 3.8) is 0 Å². The molecule has 0 aliphatic heterocycles. The summed E-state index contributed by atoms with van der Waals surface area (Å²) < 4.78 is 26.1. The van der Waals surface area contributed by atoms with Crippen LogP contribution in [-0.4, -0.2) is 22.2 Å². The van der Waals surface area contributed by atoms with Gasteiger partial charge in [0.1, 0.15) is 0 Å². The summed E-state index contributed by atoms with van der Waals surface area (Å²) in [6.07, 6.45) is 2.33. The Balaban J connectivity index is 2.64. The topological polar surface area (TPSA) is 46.2 Å². The van der Waals surface area contributed by atoms with Crippen LogP contribution in [0.4, 0.5) is 8.78 Å². The van der Waals surface area contributed by atoms with E-state index in [1.165, 1.54) is 0 Å². The molecule has 1 unspecified atom stereocenters. The Bertz CT molecular complexity index is 231. The largest absolute Gasteiger partial charge is 0.388 e. The van der Waals surface area contributed by atoms with Crippen molar-refractivity contribution in [2.45, 2.75) is 75.9 Å². The Hall–Kier alpha value is -0.220. The van der Waals surface area contributed by atoms with E-state index in [9.17, 15) is 13.9 Å². The minimum atomic E-state index is -2.62. The molecule has 1 fully saturated rings. The van der Waals surface area contributed by atoms with Crippen LogP contribution in [0.25, 0.3) is 0 Å². The Kier molecular flexibility index (Phi) is 3.95. The van der Waals surface area contributed by atoms with E-state index >= 15 is 0 Å². The van der Waals surface area contributed by atoms with E-state index in [1.54, 1.807) is 6.92 Å². The van der Waals surface area contributed by atoms with Crippen LogP contribution in [0.15, 0.2) is 0 Å². The lowest BCUT2D eigenvalue weighted by atomic mass is 9.69. The van der Waals surface area contributed by atoms with Gasteiger partial charge in [-0.25, -0.2) is 8.78 Å². The third kappa shape index (κ3) is 2.92. The van der Waals surface area contributed by atoms with Crippen molar-refractivity contribution < 1.29 is 13.9 Å². The van der Waals surface area contributed by atoms with Gasteiger partial charge in [-0.3, -0.25) is 0 Å². The molecule has 1 aliphatic carbocycles. The molecule has 96 valence electrons. The molecule has 0 aromatic carbocycles. The van der Waals surface area contributed by atoms with Crippen LogP contribution in [0.5, 0.6) is 0 Å². The Morgan fingerprint density at radius 2 is 1.75 bits per heavy atom. The average Bonchev–Trinajstić information content (AvgIpc) is 2.20. The number of hydrogen-bond acceptors (Lipinski definition) is 2. The Labute approximate surface area is 96.2 Å². The SMILES string of the molecule is CCCCC(C)(N)C1(O)CCC(F)(F)CC1. The third-order valence-electron chi connectivity index (χ3n) is 3.92. The van der Waals surface area contributed by atoms with Crippen molar-refractivity contribution in [2.75, 3.05) is 0 Å². The zero-order valence-electron chi connectivity index (χ0n) is 10.2. The molecule has 1 aliphatic rings. The van der Waals surface area contributed by atoms with Crippen LogP contribution >= 0.6 is 0 Å². The summed E-state index contributed by atoms with van der Waals surface area (Å²) in [4.78, 5) is 0. The van der Waals surface area contributed by atoms with Gasteiger partial charge in [0.05, 0.1) is 5.60 Å². The van der Waals surface area contributed by atoms with Gasteiger partial charge in [0.2, 0.25) is 5.92 Å². The maximum atomic E-state index is 13.0. The number of alkyl halides is 2. The zero-order chi connectivity index (χ0) is 12.4. The normalized spacial score (nSPS) is 27.4. The van der Waals surface area contributed by atoms with Gasteiger partial charge in [0.15, 0.2) is 0 Å². The van der Waals surface area contributed by atoms with Crippen molar-refractivity contribution in [3.8, 4) is 0 Å². The number of halogens is 2. The molecule has 0 saturated heterocycles. The molecule has 0 aromatic heterocycles. The molecule has 1 atom stereocenters. The second-order valence-corrected chi connectivity index (χ2v) is 5.41. The van der Waals surface area contributed by atoms with Gasteiger partial charge in [0.25, 0.3) is 0 Å². The molecule has 1 saturated carbocycles. The van der Waals surface area contributed by atoms with E-state index in [1.807, 2.05) is 0 Å². The monoisotopic (exact) mass is 235 g/mol. The molecule has 16 heavy (non-hydrogen) atoms. The molecule has 0 heterocycles. The summed E-state index contributed by atoms with van der Waals surface area (Å²) >= 11 is 0. The smallest absolute Gasteiger partial charge is 0.248 e. The maximum Gasteiger partial charge on any atom is 0.248 e. The van der Waals surface area contributed by atoms with Gasteiger partial charge in [-0.2, -0.15) is 0 Å². The van der Waals surface area contributed by atoms with E-state index in [4.69, 9.17) is 5.73 Å². The predicted molar refractivity (Wildman–Crippen MR) is 60.5 cm³/mol. The van der Waals surface area contributed by atoms with Crippen molar-refractivity contribution in [1.82, 2.24) is 0 Å². The predicted octanol–water partition coefficient (Wildman–Crippen LogP) is 2.83. The van der Waals surface area contributed by atoms with Crippen LogP contribution in [0, 0.1) is 0 Å². The standard InChI is InChI=1S/C12H23F2NO/c1-3-4-5-10(2,15)11(16)6-8-12(13,14)9-7-11/h16H,3-9,15H2,1-2H3. The molecule has 0 radical (unpaired) electrons. The first-order valence-electron chi connectivity index (χ1n) is 6.12. The van der Waals surface area contributed by atoms with E-state index < -0.39 is 17.1 Å². The van der Waals surface area contributed by atoms with Gasteiger partial charge in [-0.15, -0.1) is 0 Å². The molecule has 0 bridgehead atoms. The summed E-state index contributed by atoms with van der Waals surface area (Å²) in [7, 11) is 0. The van der Waals surface area contributed by atoms with Crippen LogP contribution in [0.1, 0.15) is 58.8 Å². The van der Waals surface area contributed by atoms with Gasteiger partial charge in [-0.1, -0.05) is 19.8 Å². The highest BCUT2D eigenvalue weighted by molar-refractivity contribution is 5.03. The lowest BCUT2D eigenvalue weighted by molar-refractivity contribution is -0.131. The van der Waals surface area contributed by atoms with Crippen molar-refractivity contribution in [2.24, 2.45) is 5.73 Å². The summed E-state index contributed by atoms with van der Waals surface area (Å²) in [5, 5.41) is 10.4. The van der Waals surface area contributed by atoms with Crippen LogP contribution < -0.4 is 5.73 Å². The number of unbranched alkanes of at least 4 members (excludes halogenated alkanes) is 1. The molecule has 2 nitrogen and oxygen atoms in total. The minimum Gasteiger partial charge on any atom is -0.388 e. The van der Waals surface area contributed by atoms with Crippen LogP contribution in [0.2, 0.25) is 0 Å². The molecule has 0 amide bonds. The first-order valence-corrected chi connectivity index (χ1v) is 6.12. The van der Waals surface area contributed by atoms with Gasteiger partial charge < -0.3 is 10.8 Å². The molecule has 3 N–H and O–H groups in total. The fourth-order valence-corrected chi connectivity index (χ4v) is 2.38. The average molecular weight is 235 g/mol. The summed E-state index contributed by atoms with van der Waals surface area (Å²) in [6.45, 7) is 3.83. The number of aliphatic hydroxyl groups is 1.